The lowest BCUT2D eigenvalue weighted by Crippen LogP contribution is -2.47. The zero-order valence-corrected chi connectivity index (χ0v) is 31.0. The van der Waals surface area contributed by atoms with Gasteiger partial charge in [-0.1, -0.05) is 121 Å². The number of methoxy groups -OCH3 is 2. The van der Waals surface area contributed by atoms with Crippen molar-refractivity contribution in [3.8, 4) is 28.4 Å². The molecule has 55 heavy (non-hydrogen) atoms. The maximum Gasteiger partial charge on any atom is 0.335 e. The highest BCUT2D eigenvalue weighted by Gasteiger charge is 2.43. The Morgan fingerprint density at radius 1 is 0.709 bits per heavy atom. The first kappa shape index (κ1) is 36.9. The van der Waals surface area contributed by atoms with Crippen molar-refractivity contribution < 1.29 is 28.5 Å². The zero-order valence-electron chi connectivity index (χ0n) is 31.0. The van der Waals surface area contributed by atoms with E-state index in [2.05, 4.69) is 35.1 Å². The summed E-state index contributed by atoms with van der Waals surface area (Å²) in [7, 11) is 3.06. The predicted molar refractivity (Wildman–Crippen MR) is 212 cm³/mol. The van der Waals surface area contributed by atoms with E-state index in [1.165, 1.54) is 7.11 Å². The molecule has 6 aromatic carbocycles. The van der Waals surface area contributed by atoms with Gasteiger partial charge in [-0.05, 0) is 70.1 Å². The van der Waals surface area contributed by atoms with Crippen molar-refractivity contribution in [1.29, 1.82) is 0 Å². The van der Waals surface area contributed by atoms with Crippen molar-refractivity contribution in [2.24, 2.45) is 5.73 Å². The first-order valence-electron chi connectivity index (χ1n) is 18.1. The fourth-order valence-corrected chi connectivity index (χ4v) is 7.14. The average molecular weight is 734 g/mol. The molecule has 0 aromatic heterocycles. The van der Waals surface area contributed by atoms with Crippen molar-refractivity contribution in [2.75, 3.05) is 27.4 Å². The van der Waals surface area contributed by atoms with E-state index in [4.69, 9.17) is 24.7 Å². The van der Waals surface area contributed by atoms with Gasteiger partial charge in [-0.25, -0.2) is 10.2 Å². The topological polar surface area (TPSA) is 121 Å². The Labute approximate surface area is 321 Å². The summed E-state index contributed by atoms with van der Waals surface area (Å²) in [5, 5.41) is 0. The maximum absolute atomic E-state index is 14.4. The van der Waals surface area contributed by atoms with E-state index in [-0.39, 0.29) is 31.1 Å². The standard InChI is InChI=1S/C46H43N3O6/c1-30-17-19-32(20-18-30)44(31-11-5-4-6-12-31)49-48-43(50)29-54-34-23-21-33(22-24-34)46(47,41-26-25-35(52-2)27-42(41)53-3)45(51)55-28-40-38-15-9-7-13-36(38)37-14-8-10-16-39(37)40/h4-27,40,44,49H,28-29,47H2,1-3H3,(H,48,50). The van der Waals surface area contributed by atoms with Crippen molar-refractivity contribution in [2.45, 2.75) is 24.4 Å². The number of nitrogens with two attached hydrogens (primary N) is 1. The fraction of sp³-hybridized carbons (Fsp3) is 0.174. The summed E-state index contributed by atoms with van der Waals surface area (Å²) in [5.41, 5.74) is 19.7. The monoisotopic (exact) mass is 733 g/mol. The molecular formula is C46H43N3O6. The highest BCUT2D eigenvalue weighted by Crippen LogP contribution is 2.45. The maximum atomic E-state index is 14.4. The number of hydrogen-bond donors (Lipinski definition) is 3. The van der Waals surface area contributed by atoms with Gasteiger partial charge in [-0.3, -0.25) is 10.2 Å². The molecule has 0 heterocycles. The van der Waals surface area contributed by atoms with Crippen LogP contribution in [0.1, 0.15) is 50.9 Å². The molecule has 1 amide bonds. The number of carbonyl (C=O) groups excluding carboxylic acids is 2. The molecule has 6 aromatic rings. The van der Waals surface area contributed by atoms with Crippen LogP contribution in [0.2, 0.25) is 0 Å². The van der Waals surface area contributed by atoms with Gasteiger partial charge < -0.3 is 24.7 Å². The van der Waals surface area contributed by atoms with Crippen molar-refractivity contribution in [3.63, 3.8) is 0 Å². The van der Waals surface area contributed by atoms with Gasteiger partial charge in [-0.15, -0.1) is 0 Å². The smallest absolute Gasteiger partial charge is 0.335 e. The molecule has 4 N–H and O–H groups in total. The minimum Gasteiger partial charge on any atom is -0.497 e. The molecule has 7 rings (SSSR count). The zero-order chi connectivity index (χ0) is 38.4. The van der Waals surface area contributed by atoms with E-state index in [1.807, 2.05) is 85.8 Å². The van der Waals surface area contributed by atoms with Crippen molar-refractivity contribution in [3.05, 3.63) is 185 Å². The third-order valence-electron chi connectivity index (χ3n) is 10.1. The van der Waals surface area contributed by atoms with Gasteiger partial charge in [0.25, 0.3) is 5.91 Å². The van der Waals surface area contributed by atoms with Gasteiger partial charge in [0.05, 0.1) is 20.3 Å². The molecule has 1 aliphatic carbocycles. The molecule has 0 fully saturated rings. The number of hydrazine groups is 1. The summed E-state index contributed by atoms with van der Waals surface area (Å²) in [5.74, 6) is 0.133. The van der Waals surface area contributed by atoms with Gasteiger partial charge in [-0.2, -0.15) is 0 Å². The van der Waals surface area contributed by atoms with Gasteiger partial charge in [0.2, 0.25) is 0 Å². The number of aryl methyl sites for hydroxylation is 1. The molecule has 2 unspecified atom stereocenters. The Balaban J connectivity index is 1.08. The SMILES string of the molecule is COc1ccc(C(N)(C(=O)OCC2c3ccccc3-c3ccccc32)c2ccc(OCC(=O)NNC(c3ccccc3)c3ccc(C)cc3)cc2)c(OC)c1. The number of fused-ring (bicyclic) bond motifs is 3. The summed E-state index contributed by atoms with van der Waals surface area (Å²) in [6.45, 7) is 1.86. The van der Waals surface area contributed by atoms with Crippen LogP contribution >= 0.6 is 0 Å². The quantitative estimate of drug-likeness (QED) is 0.0785. The first-order chi connectivity index (χ1) is 26.8. The number of carbonyl (C=O) groups is 2. The number of hydrogen-bond acceptors (Lipinski definition) is 8. The lowest BCUT2D eigenvalue weighted by atomic mass is 9.83. The second-order valence-electron chi connectivity index (χ2n) is 13.5. The minimum atomic E-state index is -1.78. The molecule has 1 aliphatic rings. The summed E-state index contributed by atoms with van der Waals surface area (Å²) >= 11 is 0. The average Bonchev–Trinajstić information content (AvgIpc) is 3.56. The largest absolute Gasteiger partial charge is 0.497 e. The molecule has 0 bridgehead atoms. The van der Waals surface area contributed by atoms with Crippen LogP contribution in [0.5, 0.6) is 17.2 Å². The highest BCUT2D eigenvalue weighted by atomic mass is 16.5. The lowest BCUT2D eigenvalue weighted by Gasteiger charge is -2.30. The lowest BCUT2D eigenvalue weighted by molar-refractivity contribution is -0.149. The number of amides is 1. The third-order valence-corrected chi connectivity index (χ3v) is 10.1. The Kier molecular flexibility index (Phi) is 10.9. The summed E-state index contributed by atoms with van der Waals surface area (Å²) in [6.07, 6.45) is 0. The second kappa shape index (κ2) is 16.3. The van der Waals surface area contributed by atoms with Crippen LogP contribution < -0.4 is 30.8 Å². The van der Waals surface area contributed by atoms with Crippen LogP contribution in [0.25, 0.3) is 11.1 Å². The molecule has 9 heteroatoms. The van der Waals surface area contributed by atoms with Gasteiger partial charge in [0.15, 0.2) is 12.1 Å². The highest BCUT2D eigenvalue weighted by molar-refractivity contribution is 5.88. The van der Waals surface area contributed by atoms with Crippen molar-refractivity contribution >= 4 is 11.9 Å². The van der Waals surface area contributed by atoms with Crippen LogP contribution in [-0.4, -0.2) is 39.3 Å². The van der Waals surface area contributed by atoms with E-state index in [9.17, 15) is 9.59 Å². The molecule has 0 spiro atoms. The molecule has 0 saturated heterocycles. The molecule has 0 saturated carbocycles. The summed E-state index contributed by atoms with van der Waals surface area (Å²) < 4.78 is 23.2. The van der Waals surface area contributed by atoms with E-state index in [0.29, 0.717) is 28.4 Å². The molecule has 0 radical (unpaired) electrons. The van der Waals surface area contributed by atoms with E-state index in [0.717, 1.165) is 38.9 Å². The van der Waals surface area contributed by atoms with Crippen LogP contribution in [-0.2, 0) is 19.9 Å². The number of ether oxygens (including phenoxy) is 4. The Morgan fingerprint density at radius 2 is 1.31 bits per heavy atom. The number of benzene rings is 6. The molecule has 0 aliphatic heterocycles. The van der Waals surface area contributed by atoms with Crippen LogP contribution in [0, 0.1) is 6.92 Å². The molecule has 278 valence electrons. The Hall–Kier alpha value is -6.42. The Morgan fingerprint density at radius 3 is 1.95 bits per heavy atom. The van der Waals surface area contributed by atoms with Crippen LogP contribution in [0.4, 0.5) is 0 Å². The molecular weight excluding hydrogens is 691 g/mol. The minimum absolute atomic E-state index is 0.0870. The van der Waals surface area contributed by atoms with E-state index in [1.54, 1.807) is 49.6 Å². The first-order valence-corrected chi connectivity index (χ1v) is 18.1. The number of nitrogens with one attached hydrogen (secondary N) is 2. The van der Waals surface area contributed by atoms with Gasteiger partial charge >= 0.3 is 5.97 Å². The Bertz CT molecular complexity index is 2230. The van der Waals surface area contributed by atoms with Gasteiger partial charge in [0.1, 0.15) is 23.9 Å². The summed E-state index contributed by atoms with van der Waals surface area (Å²) in [6, 6.07) is 45.9. The number of esters is 1. The second-order valence-corrected chi connectivity index (χ2v) is 13.5. The fourth-order valence-electron chi connectivity index (χ4n) is 7.14. The van der Waals surface area contributed by atoms with Gasteiger partial charge in [0, 0.05) is 17.5 Å². The normalized spacial score (nSPS) is 13.5. The van der Waals surface area contributed by atoms with Crippen LogP contribution in [0.15, 0.2) is 146 Å². The van der Waals surface area contributed by atoms with E-state index >= 15 is 0 Å². The molecule has 9 nitrogen and oxygen atoms in total. The number of rotatable bonds is 14. The predicted octanol–water partition coefficient (Wildman–Crippen LogP) is 7.36. The third kappa shape index (κ3) is 7.66. The molecule has 2 atom stereocenters. The van der Waals surface area contributed by atoms with Crippen LogP contribution in [0.3, 0.4) is 0 Å². The van der Waals surface area contributed by atoms with Crippen molar-refractivity contribution in [1.82, 2.24) is 10.9 Å². The van der Waals surface area contributed by atoms with E-state index < -0.39 is 11.5 Å². The summed E-state index contributed by atoms with van der Waals surface area (Å²) in [4.78, 5) is 27.4.